The summed E-state index contributed by atoms with van der Waals surface area (Å²) in [5.41, 5.74) is 2.69. The van der Waals surface area contributed by atoms with Crippen LogP contribution in [0.4, 0.5) is 0 Å². The average Bonchev–Trinajstić information content (AvgIpc) is 2.31. The molecule has 3 rings (SSSR count). The highest BCUT2D eigenvalue weighted by Gasteiger charge is 2.44. The fourth-order valence-corrected chi connectivity index (χ4v) is 3.20. The van der Waals surface area contributed by atoms with E-state index in [1.165, 1.54) is 11.1 Å². The van der Waals surface area contributed by atoms with Gasteiger partial charge in [0.2, 0.25) is 0 Å². The minimum absolute atomic E-state index is 0.150. The molecule has 0 aromatic heterocycles. The quantitative estimate of drug-likeness (QED) is 0.645. The van der Waals surface area contributed by atoms with Crippen LogP contribution in [0.5, 0.6) is 0 Å². The Labute approximate surface area is 96.2 Å². The van der Waals surface area contributed by atoms with Crippen LogP contribution in [0.15, 0.2) is 36.4 Å². The van der Waals surface area contributed by atoms with Crippen molar-refractivity contribution in [3.05, 3.63) is 47.5 Å². The van der Waals surface area contributed by atoms with Gasteiger partial charge < -0.3 is 0 Å². The molecule has 0 fully saturated rings. The number of aryl methyl sites for hydroxylation is 1. The van der Waals surface area contributed by atoms with Crippen LogP contribution in [0.2, 0.25) is 0 Å². The Morgan fingerprint density at radius 3 is 3.00 bits per heavy atom. The third kappa shape index (κ3) is 1.21. The molecule has 2 atom stereocenters. The maximum absolute atomic E-state index is 12.1. The topological polar surface area (TPSA) is 17.1 Å². The standard InChI is InChI=1S/C15H16O/c1-15-10-9-11-5-2-3-6-12(11)13(15)7-4-8-14(15)16/h2-6,8,13H,7,9-10H2,1H3/t13-,15+/m1/s1. The van der Waals surface area contributed by atoms with Gasteiger partial charge in [0.1, 0.15) is 0 Å². The van der Waals surface area contributed by atoms with E-state index in [4.69, 9.17) is 0 Å². The number of fused-ring (bicyclic) bond motifs is 3. The highest BCUT2D eigenvalue weighted by molar-refractivity contribution is 5.96. The molecule has 1 nitrogen and oxygen atoms in total. The molecule has 0 N–H and O–H groups in total. The number of hydrogen-bond donors (Lipinski definition) is 0. The Morgan fingerprint density at radius 1 is 1.31 bits per heavy atom. The molecular formula is C15H16O. The molecule has 0 saturated carbocycles. The van der Waals surface area contributed by atoms with Gasteiger partial charge in [0.05, 0.1) is 0 Å². The van der Waals surface area contributed by atoms with E-state index in [0.29, 0.717) is 11.7 Å². The number of ketones is 1. The fourth-order valence-electron chi connectivity index (χ4n) is 3.20. The highest BCUT2D eigenvalue weighted by Crippen LogP contribution is 2.49. The van der Waals surface area contributed by atoms with Gasteiger partial charge in [-0.25, -0.2) is 0 Å². The molecule has 2 aliphatic carbocycles. The third-order valence-corrected chi connectivity index (χ3v) is 4.32. The van der Waals surface area contributed by atoms with E-state index in [2.05, 4.69) is 31.2 Å². The zero-order valence-corrected chi connectivity index (χ0v) is 9.57. The zero-order valence-electron chi connectivity index (χ0n) is 9.57. The van der Waals surface area contributed by atoms with Crippen LogP contribution >= 0.6 is 0 Å². The summed E-state index contributed by atoms with van der Waals surface area (Å²) in [5.74, 6) is 0.716. The number of benzene rings is 1. The highest BCUT2D eigenvalue weighted by atomic mass is 16.1. The minimum Gasteiger partial charge on any atom is -0.294 e. The Hall–Kier alpha value is -1.37. The Morgan fingerprint density at radius 2 is 2.12 bits per heavy atom. The summed E-state index contributed by atoms with van der Waals surface area (Å²) < 4.78 is 0. The van der Waals surface area contributed by atoms with Gasteiger partial charge in [0, 0.05) is 11.3 Å². The first-order chi connectivity index (χ1) is 7.72. The van der Waals surface area contributed by atoms with E-state index >= 15 is 0 Å². The Bertz CT molecular complexity index is 472. The van der Waals surface area contributed by atoms with Crippen molar-refractivity contribution in [1.29, 1.82) is 0 Å². The SMILES string of the molecule is C[C@]12CCc3ccccc3[C@H]1CC=CC2=O. The molecule has 2 aliphatic rings. The van der Waals surface area contributed by atoms with Gasteiger partial charge >= 0.3 is 0 Å². The monoisotopic (exact) mass is 212 g/mol. The predicted molar refractivity (Wildman–Crippen MR) is 64.4 cm³/mol. The number of allylic oxidation sites excluding steroid dienone is 2. The molecule has 16 heavy (non-hydrogen) atoms. The second kappa shape index (κ2) is 3.31. The molecule has 1 heteroatoms. The lowest BCUT2D eigenvalue weighted by Crippen LogP contribution is -2.39. The summed E-state index contributed by atoms with van der Waals surface area (Å²) in [6, 6.07) is 8.59. The average molecular weight is 212 g/mol. The molecule has 0 radical (unpaired) electrons. The third-order valence-electron chi connectivity index (χ3n) is 4.32. The van der Waals surface area contributed by atoms with Crippen LogP contribution in [0.3, 0.4) is 0 Å². The van der Waals surface area contributed by atoms with Crippen molar-refractivity contribution >= 4 is 5.78 Å². The van der Waals surface area contributed by atoms with E-state index < -0.39 is 0 Å². The fraction of sp³-hybridized carbons (Fsp3) is 0.400. The lowest BCUT2D eigenvalue weighted by atomic mass is 9.60. The number of carbonyl (C=O) groups is 1. The molecule has 0 aliphatic heterocycles. The van der Waals surface area contributed by atoms with E-state index in [9.17, 15) is 4.79 Å². The molecule has 0 spiro atoms. The van der Waals surface area contributed by atoms with E-state index in [1.807, 2.05) is 6.08 Å². The van der Waals surface area contributed by atoms with Crippen molar-refractivity contribution in [3.8, 4) is 0 Å². The van der Waals surface area contributed by atoms with Crippen molar-refractivity contribution < 1.29 is 4.79 Å². The first kappa shape index (κ1) is 9.83. The molecular weight excluding hydrogens is 196 g/mol. The van der Waals surface area contributed by atoms with Crippen LogP contribution in [-0.4, -0.2) is 5.78 Å². The van der Waals surface area contributed by atoms with Gasteiger partial charge in [-0.3, -0.25) is 4.79 Å². The second-order valence-electron chi connectivity index (χ2n) is 5.17. The van der Waals surface area contributed by atoms with Crippen LogP contribution in [-0.2, 0) is 11.2 Å². The Kier molecular flexibility index (Phi) is 2.03. The summed E-state index contributed by atoms with van der Waals surface area (Å²) in [4.78, 5) is 12.1. The maximum Gasteiger partial charge on any atom is 0.161 e. The normalized spacial score (nSPS) is 32.1. The molecule has 82 valence electrons. The summed E-state index contributed by atoms with van der Waals surface area (Å²) in [5, 5.41) is 0. The first-order valence-corrected chi connectivity index (χ1v) is 6.00. The predicted octanol–water partition coefficient (Wildman–Crippen LogP) is 3.25. The van der Waals surface area contributed by atoms with Gasteiger partial charge in [-0.05, 0) is 36.5 Å². The number of rotatable bonds is 0. The van der Waals surface area contributed by atoms with Crippen molar-refractivity contribution in [2.75, 3.05) is 0 Å². The molecule has 1 aromatic carbocycles. The van der Waals surface area contributed by atoms with Crippen LogP contribution in [0.25, 0.3) is 0 Å². The Balaban J connectivity index is 2.14. The van der Waals surface area contributed by atoms with Crippen molar-refractivity contribution in [1.82, 2.24) is 0 Å². The summed E-state index contributed by atoms with van der Waals surface area (Å²) in [6.07, 6.45) is 6.88. The van der Waals surface area contributed by atoms with Crippen molar-refractivity contribution in [2.45, 2.75) is 32.1 Å². The second-order valence-corrected chi connectivity index (χ2v) is 5.17. The largest absolute Gasteiger partial charge is 0.294 e. The van der Waals surface area contributed by atoms with E-state index in [1.54, 1.807) is 6.08 Å². The van der Waals surface area contributed by atoms with Crippen molar-refractivity contribution in [2.24, 2.45) is 5.41 Å². The molecule has 0 unspecified atom stereocenters. The van der Waals surface area contributed by atoms with Gasteiger partial charge in [0.25, 0.3) is 0 Å². The summed E-state index contributed by atoms with van der Waals surface area (Å²) in [7, 11) is 0. The molecule has 0 bridgehead atoms. The molecule has 0 amide bonds. The number of carbonyl (C=O) groups excluding carboxylic acids is 1. The van der Waals surface area contributed by atoms with E-state index in [-0.39, 0.29) is 5.41 Å². The molecule has 0 heterocycles. The summed E-state index contributed by atoms with van der Waals surface area (Å²) >= 11 is 0. The van der Waals surface area contributed by atoms with Crippen molar-refractivity contribution in [3.63, 3.8) is 0 Å². The minimum atomic E-state index is -0.150. The van der Waals surface area contributed by atoms with Crippen LogP contribution in [0.1, 0.15) is 36.8 Å². The van der Waals surface area contributed by atoms with Gasteiger partial charge in [-0.15, -0.1) is 0 Å². The molecule has 1 aromatic rings. The van der Waals surface area contributed by atoms with E-state index in [0.717, 1.165) is 19.3 Å². The molecule has 0 saturated heterocycles. The van der Waals surface area contributed by atoms with Gasteiger partial charge in [-0.1, -0.05) is 37.3 Å². The first-order valence-electron chi connectivity index (χ1n) is 6.00. The van der Waals surface area contributed by atoms with Gasteiger partial charge in [0.15, 0.2) is 5.78 Å². The smallest absolute Gasteiger partial charge is 0.161 e. The zero-order chi connectivity index (χ0) is 11.2. The number of hydrogen-bond acceptors (Lipinski definition) is 1. The van der Waals surface area contributed by atoms with Gasteiger partial charge in [-0.2, -0.15) is 0 Å². The lowest BCUT2D eigenvalue weighted by molar-refractivity contribution is -0.125. The van der Waals surface area contributed by atoms with Crippen LogP contribution in [0, 0.1) is 5.41 Å². The summed E-state index contributed by atoms with van der Waals surface area (Å²) in [6.45, 7) is 2.14. The lowest BCUT2D eigenvalue weighted by Gasteiger charge is -2.42. The van der Waals surface area contributed by atoms with Crippen LogP contribution < -0.4 is 0 Å². The maximum atomic E-state index is 12.1.